The SMILES string of the molecule is c1ccc2c(c1)ccc1c2c2ccccc2n1-c1ccc(-c2ccc3c(c2)c2ccccc2n3-c2nc3ccccc3c3nc4ccccc4n23)cc1. The lowest BCUT2D eigenvalue weighted by atomic mass is 10.0. The van der Waals surface area contributed by atoms with E-state index in [1.165, 1.54) is 54.5 Å². The second-order valence-electron chi connectivity index (χ2n) is 13.9. The maximum absolute atomic E-state index is 5.33. The summed E-state index contributed by atoms with van der Waals surface area (Å²) in [6.07, 6.45) is 0. The Morgan fingerprint density at radius 3 is 1.79 bits per heavy atom. The number of fused-ring (bicyclic) bond motifs is 13. The Morgan fingerprint density at radius 2 is 0.962 bits per heavy atom. The standard InChI is InChI=1S/C48H29N5/c1-2-12-34-31(11-1)23-28-45-46(34)37-15-5-9-19-42(37)51(45)33-25-21-30(22-26-33)32-24-27-43-38(29-32)35-13-4-8-18-41(35)52(43)48-50-39-16-6-3-14-36(39)47-49-40-17-7-10-20-44(40)53(47)48/h1-29H. The fraction of sp³-hybridized carbons (Fsp3) is 0. The fourth-order valence-electron chi connectivity index (χ4n) is 8.67. The molecule has 53 heavy (non-hydrogen) atoms. The van der Waals surface area contributed by atoms with Gasteiger partial charge >= 0.3 is 0 Å². The molecule has 5 heteroatoms. The van der Waals surface area contributed by atoms with E-state index in [-0.39, 0.29) is 0 Å². The largest absolute Gasteiger partial charge is 0.309 e. The van der Waals surface area contributed by atoms with Gasteiger partial charge in [0.05, 0.1) is 38.6 Å². The van der Waals surface area contributed by atoms with Gasteiger partial charge in [0.15, 0.2) is 0 Å². The van der Waals surface area contributed by atoms with E-state index in [2.05, 4.69) is 177 Å². The molecule has 0 aliphatic heterocycles. The van der Waals surface area contributed by atoms with Gasteiger partial charge in [-0.25, -0.2) is 9.97 Å². The summed E-state index contributed by atoms with van der Waals surface area (Å²) in [7, 11) is 0. The molecule has 0 radical (unpaired) electrons. The normalized spacial score (nSPS) is 12.2. The predicted molar refractivity (Wildman–Crippen MR) is 220 cm³/mol. The van der Waals surface area contributed by atoms with Crippen molar-refractivity contribution in [1.29, 1.82) is 0 Å². The van der Waals surface area contributed by atoms with Crippen LogP contribution in [0.3, 0.4) is 0 Å². The first-order valence-electron chi connectivity index (χ1n) is 18.0. The van der Waals surface area contributed by atoms with Crippen LogP contribution in [0.25, 0.3) is 105 Å². The van der Waals surface area contributed by atoms with E-state index in [0.717, 1.165) is 50.3 Å². The highest BCUT2D eigenvalue weighted by molar-refractivity contribution is 6.21. The molecule has 246 valence electrons. The second-order valence-corrected chi connectivity index (χ2v) is 13.9. The molecule has 0 aliphatic carbocycles. The van der Waals surface area contributed by atoms with E-state index in [1.807, 2.05) is 12.1 Å². The molecule has 8 aromatic carbocycles. The predicted octanol–water partition coefficient (Wildman–Crippen LogP) is 12.1. The summed E-state index contributed by atoms with van der Waals surface area (Å²) in [5.41, 5.74) is 11.9. The molecule has 0 N–H and O–H groups in total. The molecule has 0 saturated carbocycles. The van der Waals surface area contributed by atoms with Crippen molar-refractivity contribution in [2.75, 3.05) is 0 Å². The number of imidazole rings is 1. The Kier molecular flexibility index (Phi) is 5.71. The highest BCUT2D eigenvalue weighted by atomic mass is 15.2. The molecule has 0 amide bonds. The summed E-state index contributed by atoms with van der Waals surface area (Å²) in [5.74, 6) is 0.828. The van der Waals surface area contributed by atoms with E-state index < -0.39 is 0 Å². The zero-order chi connectivity index (χ0) is 34.6. The van der Waals surface area contributed by atoms with Crippen molar-refractivity contribution in [2.45, 2.75) is 0 Å². The lowest BCUT2D eigenvalue weighted by Crippen LogP contribution is -2.06. The maximum atomic E-state index is 5.33. The van der Waals surface area contributed by atoms with Gasteiger partial charge in [-0.1, -0.05) is 109 Å². The van der Waals surface area contributed by atoms with Crippen molar-refractivity contribution < 1.29 is 0 Å². The third kappa shape index (κ3) is 3.96. The number of para-hydroxylation sites is 5. The van der Waals surface area contributed by atoms with Crippen LogP contribution >= 0.6 is 0 Å². The van der Waals surface area contributed by atoms with Crippen LogP contribution in [0.5, 0.6) is 0 Å². The Morgan fingerprint density at radius 1 is 0.358 bits per heavy atom. The summed E-state index contributed by atoms with van der Waals surface area (Å²) in [5, 5.41) is 8.51. The molecule has 4 heterocycles. The van der Waals surface area contributed by atoms with Gasteiger partial charge in [0.25, 0.3) is 0 Å². The monoisotopic (exact) mass is 675 g/mol. The minimum Gasteiger partial charge on any atom is -0.309 e. The molecule has 0 unspecified atom stereocenters. The van der Waals surface area contributed by atoms with E-state index in [9.17, 15) is 0 Å². The van der Waals surface area contributed by atoms with Crippen LogP contribution in [0, 0.1) is 0 Å². The Balaban J connectivity index is 1.04. The number of nitrogens with zero attached hydrogens (tertiary/aromatic N) is 5. The van der Waals surface area contributed by atoms with Gasteiger partial charge in [-0.15, -0.1) is 0 Å². The first-order chi connectivity index (χ1) is 26.3. The molecule has 0 spiro atoms. The van der Waals surface area contributed by atoms with E-state index in [1.54, 1.807) is 0 Å². The summed E-state index contributed by atoms with van der Waals surface area (Å²) in [4.78, 5) is 10.4. The van der Waals surface area contributed by atoms with E-state index in [4.69, 9.17) is 9.97 Å². The van der Waals surface area contributed by atoms with Gasteiger partial charge in [0, 0.05) is 32.6 Å². The van der Waals surface area contributed by atoms with Crippen LogP contribution in [-0.4, -0.2) is 23.5 Å². The number of hydrogen-bond acceptors (Lipinski definition) is 2. The van der Waals surface area contributed by atoms with Crippen LogP contribution in [0.4, 0.5) is 0 Å². The molecule has 12 aromatic rings. The third-order valence-corrected chi connectivity index (χ3v) is 11.0. The highest BCUT2D eigenvalue weighted by Gasteiger charge is 2.20. The number of aromatic nitrogens is 5. The van der Waals surface area contributed by atoms with Gasteiger partial charge in [0.2, 0.25) is 5.95 Å². The number of rotatable bonds is 3. The number of hydrogen-bond donors (Lipinski definition) is 0. The molecule has 0 bridgehead atoms. The molecule has 12 rings (SSSR count). The first kappa shape index (κ1) is 28.5. The smallest absolute Gasteiger partial charge is 0.221 e. The summed E-state index contributed by atoms with van der Waals surface area (Å²) in [6.45, 7) is 0. The average molecular weight is 676 g/mol. The Bertz CT molecular complexity index is 3450. The second kappa shape index (κ2) is 10.6. The van der Waals surface area contributed by atoms with Crippen molar-refractivity contribution >= 4 is 82.0 Å². The average Bonchev–Trinajstić information content (AvgIpc) is 3.89. The molecule has 5 nitrogen and oxygen atoms in total. The lowest BCUT2D eigenvalue weighted by molar-refractivity contribution is 0.979. The Labute approximate surface area is 303 Å². The van der Waals surface area contributed by atoms with Gasteiger partial charge in [-0.3, -0.25) is 8.97 Å². The Hall–Kier alpha value is -7.24. The number of benzene rings is 8. The highest BCUT2D eigenvalue weighted by Crippen LogP contribution is 2.39. The van der Waals surface area contributed by atoms with Crippen LogP contribution in [-0.2, 0) is 0 Å². The van der Waals surface area contributed by atoms with E-state index in [0.29, 0.717) is 0 Å². The minimum atomic E-state index is 0.828. The van der Waals surface area contributed by atoms with Crippen LogP contribution in [0.1, 0.15) is 0 Å². The zero-order valence-electron chi connectivity index (χ0n) is 28.5. The van der Waals surface area contributed by atoms with Gasteiger partial charge in [0.1, 0.15) is 5.65 Å². The third-order valence-electron chi connectivity index (χ3n) is 11.0. The van der Waals surface area contributed by atoms with Gasteiger partial charge < -0.3 is 4.57 Å². The molecule has 0 atom stereocenters. The summed E-state index contributed by atoms with van der Waals surface area (Å²) < 4.78 is 6.92. The van der Waals surface area contributed by atoms with Crippen molar-refractivity contribution in [3.8, 4) is 22.8 Å². The van der Waals surface area contributed by atoms with Crippen LogP contribution in [0.15, 0.2) is 176 Å². The van der Waals surface area contributed by atoms with Crippen molar-refractivity contribution in [2.24, 2.45) is 0 Å². The topological polar surface area (TPSA) is 40.0 Å². The van der Waals surface area contributed by atoms with Gasteiger partial charge in [-0.2, -0.15) is 0 Å². The van der Waals surface area contributed by atoms with Crippen molar-refractivity contribution in [3.63, 3.8) is 0 Å². The first-order valence-corrected chi connectivity index (χ1v) is 18.0. The summed E-state index contributed by atoms with van der Waals surface area (Å²) >= 11 is 0. The van der Waals surface area contributed by atoms with Crippen LogP contribution < -0.4 is 0 Å². The molecular formula is C48H29N5. The molecule has 0 aliphatic rings. The maximum Gasteiger partial charge on any atom is 0.221 e. The zero-order valence-corrected chi connectivity index (χ0v) is 28.5. The molecular weight excluding hydrogens is 647 g/mol. The van der Waals surface area contributed by atoms with Gasteiger partial charge in [-0.05, 0) is 88.6 Å². The quantitative estimate of drug-likeness (QED) is 0.187. The van der Waals surface area contributed by atoms with Crippen LogP contribution in [0.2, 0.25) is 0 Å². The minimum absolute atomic E-state index is 0.828. The van der Waals surface area contributed by atoms with E-state index >= 15 is 0 Å². The lowest BCUT2D eigenvalue weighted by Gasteiger charge is -2.13. The fourth-order valence-corrected chi connectivity index (χ4v) is 8.67. The molecule has 0 saturated heterocycles. The molecule has 4 aromatic heterocycles. The van der Waals surface area contributed by atoms with Crippen molar-refractivity contribution in [1.82, 2.24) is 23.5 Å². The molecule has 0 fully saturated rings. The summed E-state index contributed by atoms with van der Waals surface area (Å²) in [6, 6.07) is 63.0. The van der Waals surface area contributed by atoms with Crippen molar-refractivity contribution in [3.05, 3.63) is 176 Å².